The summed E-state index contributed by atoms with van der Waals surface area (Å²) in [5, 5.41) is 0.361. The Morgan fingerprint density at radius 3 is 2.03 bits per heavy atom. The van der Waals surface area contributed by atoms with Gasteiger partial charge in [0.15, 0.2) is 7.14 Å². The van der Waals surface area contributed by atoms with E-state index < -0.39 is 18.6 Å². The molecule has 0 bridgehead atoms. The van der Waals surface area contributed by atoms with Gasteiger partial charge in [-0.3, -0.25) is 9.59 Å². The summed E-state index contributed by atoms with van der Waals surface area (Å²) in [5.41, 5.74) is -0.591. The van der Waals surface area contributed by atoms with Crippen molar-refractivity contribution in [2.75, 3.05) is 34.1 Å². The standard InChI is InChI=1S/C24H31O7P/c1-17(2)11-13-31-22(25)12-14-32(27,19-9-7-6-8-10-19)24(26)23-20(29-4)15-18(28-3)16-21(23)30-5/h6-10,15-17H,11-14H2,1-5H3. The van der Waals surface area contributed by atoms with Gasteiger partial charge in [0.2, 0.25) is 5.52 Å². The van der Waals surface area contributed by atoms with Crippen LogP contribution in [0.15, 0.2) is 42.5 Å². The number of hydrogen-bond acceptors (Lipinski definition) is 7. The Labute approximate surface area is 189 Å². The van der Waals surface area contributed by atoms with Crippen molar-refractivity contribution in [3.05, 3.63) is 48.0 Å². The second-order valence-electron chi connectivity index (χ2n) is 7.66. The summed E-state index contributed by atoms with van der Waals surface area (Å²) in [5.74, 6) is 0.709. The van der Waals surface area contributed by atoms with E-state index in [9.17, 15) is 14.2 Å². The fourth-order valence-electron chi connectivity index (χ4n) is 3.14. The van der Waals surface area contributed by atoms with Crippen molar-refractivity contribution in [1.82, 2.24) is 0 Å². The summed E-state index contributed by atoms with van der Waals surface area (Å²) in [4.78, 5) is 26.0. The van der Waals surface area contributed by atoms with Crippen LogP contribution in [0.5, 0.6) is 17.2 Å². The minimum absolute atomic E-state index is 0.0520. The van der Waals surface area contributed by atoms with Gasteiger partial charge < -0.3 is 23.5 Å². The van der Waals surface area contributed by atoms with Crippen molar-refractivity contribution >= 4 is 23.9 Å². The molecule has 0 aliphatic carbocycles. The summed E-state index contributed by atoms with van der Waals surface area (Å²) in [7, 11) is 0.562. The number of carbonyl (C=O) groups excluding carboxylic acids is 2. The zero-order chi connectivity index (χ0) is 23.7. The van der Waals surface area contributed by atoms with Crippen LogP contribution in [0.4, 0.5) is 0 Å². The van der Waals surface area contributed by atoms with E-state index in [1.807, 2.05) is 13.8 Å². The average Bonchev–Trinajstić information content (AvgIpc) is 2.81. The first-order chi connectivity index (χ1) is 15.3. The molecule has 1 unspecified atom stereocenters. The molecule has 2 rings (SSSR count). The van der Waals surface area contributed by atoms with Crippen LogP contribution in [0.1, 0.15) is 37.0 Å². The van der Waals surface area contributed by atoms with E-state index in [-0.39, 0.29) is 29.6 Å². The lowest BCUT2D eigenvalue weighted by molar-refractivity contribution is -0.143. The van der Waals surface area contributed by atoms with Gasteiger partial charge in [0.25, 0.3) is 0 Å². The number of esters is 1. The highest BCUT2D eigenvalue weighted by Gasteiger charge is 2.38. The van der Waals surface area contributed by atoms with E-state index in [0.717, 1.165) is 6.42 Å². The van der Waals surface area contributed by atoms with Gasteiger partial charge in [-0.1, -0.05) is 44.2 Å². The predicted octanol–water partition coefficient (Wildman–Crippen LogP) is 4.52. The van der Waals surface area contributed by atoms with Gasteiger partial charge in [-0.15, -0.1) is 0 Å². The number of carbonyl (C=O) groups is 2. The van der Waals surface area contributed by atoms with Crippen molar-refractivity contribution in [3.63, 3.8) is 0 Å². The molecule has 0 saturated carbocycles. The fraction of sp³-hybridized carbons (Fsp3) is 0.417. The molecule has 2 aromatic carbocycles. The van der Waals surface area contributed by atoms with Crippen molar-refractivity contribution in [1.29, 1.82) is 0 Å². The number of rotatable bonds is 12. The summed E-state index contributed by atoms with van der Waals surface area (Å²) in [6.45, 7) is 4.36. The van der Waals surface area contributed by atoms with E-state index in [0.29, 0.717) is 23.6 Å². The molecule has 7 nitrogen and oxygen atoms in total. The van der Waals surface area contributed by atoms with Gasteiger partial charge in [0.1, 0.15) is 22.8 Å². The highest BCUT2D eigenvalue weighted by molar-refractivity contribution is 7.87. The molecule has 0 aliphatic heterocycles. The average molecular weight is 462 g/mol. The predicted molar refractivity (Wildman–Crippen MR) is 124 cm³/mol. The van der Waals surface area contributed by atoms with Gasteiger partial charge in [-0.2, -0.15) is 0 Å². The first-order valence-electron chi connectivity index (χ1n) is 10.4. The normalized spacial score (nSPS) is 12.7. The maximum Gasteiger partial charge on any atom is 0.306 e. The SMILES string of the molecule is COc1cc(OC)c(C(=O)P(=O)(CCC(=O)OCCC(C)C)c2ccccc2)c(OC)c1. The van der Waals surface area contributed by atoms with Crippen LogP contribution in [0.2, 0.25) is 0 Å². The molecule has 0 radical (unpaired) electrons. The topological polar surface area (TPSA) is 88.1 Å². The third kappa shape index (κ3) is 6.13. The lowest BCUT2D eigenvalue weighted by Crippen LogP contribution is -2.19. The molecule has 0 aromatic heterocycles. The summed E-state index contributed by atoms with van der Waals surface area (Å²) < 4.78 is 35.5. The molecule has 0 saturated heterocycles. The Kier molecular flexibility index (Phi) is 9.33. The highest BCUT2D eigenvalue weighted by atomic mass is 31.2. The third-order valence-electron chi connectivity index (χ3n) is 5.02. The second kappa shape index (κ2) is 11.7. The van der Waals surface area contributed by atoms with Crippen LogP contribution in [-0.4, -0.2) is 45.6 Å². The minimum atomic E-state index is -3.73. The van der Waals surface area contributed by atoms with Gasteiger partial charge >= 0.3 is 5.97 Å². The van der Waals surface area contributed by atoms with Crippen LogP contribution in [0.3, 0.4) is 0 Å². The van der Waals surface area contributed by atoms with Gasteiger partial charge in [0, 0.05) is 23.6 Å². The molecule has 32 heavy (non-hydrogen) atoms. The molecule has 0 heterocycles. The second-order valence-corrected chi connectivity index (χ2v) is 10.5. The number of benzene rings is 2. The van der Waals surface area contributed by atoms with Crippen molar-refractivity contribution in [2.45, 2.75) is 26.7 Å². The van der Waals surface area contributed by atoms with E-state index in [1.165, 1.54) is 33.5 Å². The Morgan fingerprint density at radius 2 is 1.53 bits per heavy atom. The zero-order valence-electron chi connectivity index (χ0n) is 19.3. The van der Waals surface area contributed by atoms with Crippen molar-refractivity contribution < 1.29 is 33.1 Å². The lowest BCUT2D eigenvalue weighted by atomic mass is 10.1. The molecule has 0 amide bonds. The molecule has 0 spiro atoms. The molecule has 0 aliphatic rings. The lowest BCUT2D eigenvalue weighted by Gasteiger charge is -2.21. The monoisotopic (exact) mass is 462 g/mol. The Balaban J connectivity index is 2.43. The maximum absolute atomic E-state index is 14.2. The maximum atomic E-state index is 14.2. The highest BCUT2D eigenvalue weighted by Crippen LogP contribution is 2.52. The molecular weight excluding hydrogens is 431 g/mol. The number of hydrogen-bond donors (Lipinski definition) is 0. The van der Waals surface area contributed by atoms with Crippen LogP contribution in [0.25, 0.3) is 0 Å². The zero-order valence-corrected chi connectivity index (χ0v) is 20.1. The van der Waals surface area contributed by atoms with Crippen LogP contribution < -0.4 is 19.5 Å². The largest absolute Gasteiger partial charge is 0.496 e. The molecule has 1 atom stereocenters. The number of ether oxygens (including phenoxy) is 4. The first-order valence-corrected chi connectivity index (χ1v) is 12.3. The van der Waals surface area contributed by atoms with Gasteiger partial charge in [0.05, 0.1) is 34.4 Å². The quantitative estimate of drug-likeness (QED) is 0.338. The van der Waals surface area contributed by atoms with Crippen LogP contribution >= 0.6 is 7.14 Å². The van der Waals surface area contributed by atoms with Gasteiger partial charge in [-0.05, 0) is 12.3 Å². The summed E-state index contributed by atoms with van der Waals surface area (Å²) >= 11 is 0. The van der Waals surface area contributed by atoms with Crippen molar-refractivity contribution in [3.8, 4) is 17.2 Å². The summed E-state index contributed by atoms with van der Waals surface area (Å²) in [6.07, 6.45) is 0.437. The molecule has 2 aromatic rings. The summed E-state index contributed by atoms with van der Waals surface area (Å²) in [6, 6.07) is 11.5. The minimum Gasteiger partial charge on any atom is -0.496 e. The van der Waals surface area contributed by atoms with E-state index in [4.69, 9.17) is 18.9 Å². The van der Waals surface area contributed by atoms with Crippen LogP contribution in [-0.2, 0) is 14.1 Å². The Morgan fingerprint density at radius 1 is 0.938 bits per heavy atom. The Bertz CT molecular complexity index is 945. The molecular formula is C24H31O7P. The number of methoxy groups -OCH3 is 3. The van der Waals surface area contributed by atoms with E-state index >= 15 is 0 Å². The smallest absolute Gasteiger partial charge is 0.306 e. The molecule has 8 heteroatoms. The van der Waals surface area contributed by atoms with Crippen LogP contribution in [0, 0.1) is 5.92 Å². The van der Waals surface area contributed by atoms with Crippen molar-refractivity contribution in [2.24, 2.45) is 5.92 Å². The molecule has 0 fully saturated rings. The van der Waals surface area contributed by atoms with E-state index in [2.05, 4.69) is 0 Å². The first kappa shape index (κ1) is 25.5. The van der Waals surface area contributed by atoms with E-state index in [1.54, 1.807) is 30.3 Å². The fourth-order valence-corrected chi connectivity index (χ4v) is 5.57. The molecule has 174 valence electrons. The van der Waals surface area contributed by atoms with Gasteiger partial charge in [-0.25, -0.2) is 0 Å². The Hall–Kier alpha value is -2.79. The third-order valence-corrected chi connectivity index (χ3v) is 7.88. The molecule has 0 N–H and O–H groups in total.